The monoisotopic (exact) mass is 399 g/mol. The molecule has 0 bridgehead atoms. The Morgan fingerprint density at radius 1 is 1.19 bits per heavy atom. The van der Waals surface area contributed by atoms with Crippen molar-refractivity contribution in [1.82, 2.24) is 14.3 Å². The summed E-state index contributed by atoms with van der Waals surface area (Å²) in [6.45, 7) is 0.510. The lowest BCUT2D eigenvalue weighted by Crippen LogP contribution is -2.31. The van der Waals surface area contributed by atoms with Crippen molar-refractivity contribution in [2.75, 3.05) is 27.3 Å². The summed E-state index contributed by atoms with van der Waals surface area (Å²) in [7, 11) is -0.858. The fraction of sp³-hybridized carbons (Fsp3) is 0.375. The van der Waals surface area contributed by atoms with E-state index in [1.54, 1.807) is 12.1 Å². The van der Waals surface area contributed by atoms with Crippen LogP contribution in [-0.2, 0) is 10.0 Å². The van der Waals surface area contributed by atoms with Gasteiger partial charge in [0.2, 0.25) is 10.0 Å². The molecule has 140 valence electrons. The van der Waals surface area contributed by atoms with Crippen molar-refractivity contribution in [3.63, 3.8) is 0 Å². The van der Waals surface area contributed by atoms with Crippen LogP contribution in [0.25, 0.3) is 0 Å². The van der Waals surface area contributed by atoms with Crippen LogP contribution >= 0.6 is 11.6 Å². The van der Waals surface area contributed by atoms with E-state index in [1.165, 1.54) is 37.0 Å². The first-order valence-corrected chi connectivity index (χ1v) is 9.62. The van der Waals surface area contributed by atoms with E-state index in [4.69, 9.17) is 25.8 Å². The Morgan fingerprint density at radius 3 is 2.58 bits per heavy atom. The van der Waals surface area contributed by atoms with Crippen LogP contribution in [0, 0.1) is 0 Å². The first-order chi connectivity index (χ1) is 12.4. The summed E-state index contributed by atoms with van der Waals surface area (Å²) in [6, 6.07) is 4.82. The molecule has 10 heteroatoms. The number of sulfonamides is 1. The van der Waals surface area contributed by atoms with Gasteiger partial charge in [0.1, 0.15) is 22.5 Å². The fourth-order valence-corrected chi connectivity index (χ4v) is 4.40. The van der Waals surface area contributed by atoms with Crippen molar-refractivity contribution >= 4 is 21.6 Å². The lowest BCUT2D eigenvalue weighted by molar-refractivity contribution is 0.197. The van der Waals surface area contributed by atoms with Crippen molar-refractivity contribution in [3.8, 4) is 17.5 Å². The summed E-state index contributed by atoms with van der Waals surface area (Å²) in [5.41, 5.74) is 0. The molecule has 0 amide bonds. The molecule has 0 radical (unpaired) electrons. The number of nitrogens with zero attached hydrogens (tertiary/aromatic N) is 3. The van der Waals surface area contributed by atoms with Gasteiger partial charge in [-0.3, -0.25) is 0 Å². The van der Waals surface area contributed by atoms with E-state index in [2.05, 4.69) is 9.97 Å². The first-order valence-electron chi connectivity index (χ1n) is 7.80. The van der Waals surface area contributed by atoms with Gasteiger partial charge in [0.05, 0.1) is 38.2 Å². The van der Waals surface area contributed by atoms with E-state index in [9.17, 15) is 8.42 Å². The van der Waals surface area contributed by atoms with Gasteiger partial charge in [0.25, 0.3) is 0 Å². The summed E-state index contributed by atoms with van der Waals surface area (Å²) in [5, 5.41) is 0.401. The summed E-state index contributed by atoms with van der Waals surface area (Å²) < 4.78 is 43.4. The molecule has 2 heterocycles. The molecule has 1 atom stereocenters. The third-order valence-corrected chi connectivity index (χ3v) is 6.05. The van der Waals surface area contributed by atoms with Crippen molar-refractivity contribution in [2.45, 2.75) is 17.4 Å². The molecular formula is C16H18ClN3O5S. The molecule has 2 aromatic rings. The maximum Gasteiger partial charge on any atom is 0.316 e. The van der Waals surface area contributed by atoms with Gasteiger partial charge < -0.3 is 14.2 Å². The highest BCUT2D eigenvalue weighted by Crippen LogP contribution is 2.32. The average molecular weight is 400 g/mol. The number of halogens is 1. The summed E-state index contributed by atoms with van der Waals surface area (Å²) in [6.07, 6.45) is 3.03. The molecule has 1 aliphatic heterocycles. The van der Waals surface area contributed by atoms with Crippen LogP contribution in [-0.4, -0.2) is 56.1 Å². The Balaban J connectivity index is 1.78. The van der Waals surface area contributed by atoms with Crippen LogP contribution in [0.1, 0.15) is 6.42 Å². The Hall–Kier alpha value is -2.10. The zero-order valence-electron chi connectivity index (χ0n) is 14.3. The number of ether oxygens (including phenoxy) is 3. The third kappa shape index (κ3) is 3.84. The number of benzene rings is 1. The molecule has 0 N–H and O–H groups in total. The van der Waals surface area contributed by atoms with Gasteiger partial charge in [-0.1, -0.05) is 11.6 Å². The van der Waals surface area contributed by atoms with Gasteiger partial charge in [0.15, 0.2) is 0 Å². The Kier molecular flexibility index (Phi) is 5.49. The fourth-order valence-electron chi connectivity index (χ4n) is 2.65. The normalized spacial score (nSPS) is 17.9. The minimum atomic E-state index is -3.76. The second-order valence-electron chi connectivity index (χ2n) is 5.59. The lowest BCUT2D eigenvalue weighted by atomic mass is 10.3. The molecule has 3 rings (SSSR count). The molecule has 1 aromatic carbocycles. The van der Waals surface area contributed by atoms with E-state index < -0.39 is 10.0 Å². The number of rotatable bonds is 6. The second-order valence-corrected chi connectivity index (χ2v) is 7.94. The van der Waals surface area contributed by atoms with Crippen LogP contribution in [0.3, 0.4) is 0 Å². The number of aromatic nitrogens is 2. The molecule has 0 aliphatic carbocycles. The zero-order valence-corrected chi connectivity index (χ0v) is 15.8. The predicted molar refractivity (Wildman–Crippen MR) is 94.4 cm³/mol. The molecule has 26 heavy (non-hydrogen) atoms. The van der Waals surface area contributed by atoms with Crippen molar-refractivity contribution in [1.29, 1.82) is 0 Å². The van der Waals surface area contributed by atoms with Gasteiger partial charge in [-0.25, -0.2) is 18.4 Å². The molecule has 0 saturated carbocycles. The minimum Gasteiger partial charge on any atom is -0.497 e. The standard InChI is InChI=1S/C16H18ClN3O5S/c1-23-12-3-4-14(24-2)15(7-12)26(21,22)20-6-5-13(10-20)25-16-18-8-11(17)9-19-16/h3-4,7-9,13H,5-6,10H2,1-2H3/t13-/m0/s1. The van der Waals surface area contributed by atoms with Crippen molar-refractivity contribution in [3.05, 3.63) is 35.6 Å². The van der Waals surface area contributed by atoms with E-state index in [1.807, 2.05) is 0 Å². The average Bonchev–Trinajstić information content (AvgIpc) is 3.12. The van der Waals surface area contributed by atoms with Gasteiger partial charge in [0, 0.05) is 12.6 Å². The highest BCUT2D eigenvalue weighted by molar-refractivity contribution is 7.89. The van der Waals surface area contributed by atoms with Crippen LogP contribution in [0.2, 0.25) is 5.02 Å². The van der Waals surface area contributed by atoms with Crippen molar-refractivity contribution in [2.24, 2.45) is 0 Å². The summed E-state index contributed by atoms with van der Waals surface area (Å²) in [4.78, 5) is 7.99. The second kappa shape index (κ2) is 7.65. The van der Waals surface area contributed by atoms with Gasteiger partial charge >= 0.3 is 6.01 Å². The smallest absolute Gasteiger partial charge is 0.316 e. The third-order valence-electron chi connectivity index (χ3n) is 3.97. The summed E-state index contributed by atoms with van der Waals surface area (Å²) >= 11 is 5.74. The molecule has 8 nitrogen and oxygen atoms in total. The number of hydrogen-bond donors (Lipinski definition) is 0. The highest BCUT2D eigenvalue weighted by atomic mass is 35.5. The van der Waals surface area contributed by atoms with Crippen LogP contribution < -0.4 is 14.2 Å². The Bertz CT molecular complexity index is 876. The van der Waals surface area contributed by atoms with Crippen LogP contribution in [0.5, 0.6) is 17.5 Å². The van der Waals surface area contributed by atoms with E-state index in [0.29, 0.717) is 23.7 Å². The van der Waals surface area contributed by atoms with Crippen LogP contribution in [0.4, 0.5) is 0 Å². The SMILES string of the molecule is COc1ccc(OC)c(S(=O)(=O)N2CC[C@H](Oc3ncc(Cl)cn3)C2)c1. The lowest BCUT2D eigenvalue weighted by Gasteiger charge is -2.19. The maximum atomic E-state index is 13.0. The molecule has 1 fully saturated rings. The van der Waals surface area contributed by atoms with Crippen LogP contribution in [0.15, 0.2) is 35.5 Å². The molecule has 1 aromatic heterocycles. The summed E-state index contributed by atoms with van der Waals surface area (Å²) in [5.74, 6) is 0.696. The molecule has 1 aliphatic rings. The van der Waals surface area contributed by atoms with E-state index in [-0.39, 0.29) is 29.3 Å². The first kappa shape index (κ1) is 18.7. The zero-order chi connectivity index (χ0) is 18.7. The quantitative estimate of drug-likeness (QED) is 0.733. The molecule has 1 saturated heterocycles. The number of hydrogen-bond acceptors (Lipinski definition) is 7. The predicted octanol–water partition coefficient (Wildman–Crippen LogP) is 1.99. The van der Waals surface area contributed by atoms with E-state index in [0.717, 1.165) is 0 Å². The van der Waals surface area contributed by atoms with E-state index >= 15 is 0 Å². The largest absolute Gasteiger partial charge is 0.497 e. The highest BCUT2D eigenvalue weighted by Gasteiger charge is 2.36. The maximum absolute atomic E-state index is 13.0. The number of methoxy groups -OCH3 is 2. The van der Waals surface area contributed by atoms with Gasteiger partial charge in [-0.15, -0.1) is 0 Å². The topological polar surface area (TPSA) is 90.9 Å². The van der Waals surface area contributed by atoms with Crippen molar-refractivity contribution < 1.29 is 22.6 Å². The molecule has 0 unspecified atom stereocenters. The Morgan fingerprint density at radius 2 is 1.92 bits per heavy atom. The Labute approximate surface area is 156 Å². The van der Waals surface area contributed by atoms with Gasteiger partial charge in [-0.2, -0.15) is 4.31 Å². The van der Waals surface area contributed by atoms with Gasteiger partial charge in [-0.05, 0) is 18.6 Å². The molecular weight excluding hydrogens is 382 g/mol. The molecule has 0 spiro atoms. The minimum absolute atomic E-state index is 0.0581.